The fraction of sp³-hybridized carbons (Fsp3) is 0.154. The maximum Gasteiger partial charge on any atom is 0.451 e. The van der Waals surface area contributed by atoms with Crippen LogP contribution < -0.4 is 5.73 Å². The Bertz CT molecular complexity index is 1240. The van der Waals surface area contributed by atoms with Crippen molar-refractivity contribution in [3.8, 4) is 5.69 Å². The molecule has 0 unspecified atom stereocenters. The molecule has 3 rings (SSSR count). The highest BCUT2D eigenvalue weighted by Gasteiger charge is 2.65. The molecule has 178 valence electrons. The predicted molar refractivity (Wildman–Crippen MR) is 92.5 cm³/mol. The fourth-order valence-corrected chi connectivity index (χ4v) is 3.94. The molecule has 19 heteroatoms. The molecule has 1 aromatic carbocycles. The number of halogens is 13. The second kappa shape index (κ2) is 6.19. The molecule has 0 aliphatic heterocycles. The van der Waals surface area contributed by atoms with Gasteiger partial charge in [0.15, 0.2) is 11.3 Å². The van der Waals surface area contributed by atoms with Gasteiger partial charge in [0.2, 0.25) is 5.82 Å². The van der Waals surface area contributed by atoms with Gasteiger partial charge in [-0.05, 0) is 12.1 Å². The summed E-state index contributed by atoms with van der Waals surface area (Å²) in [4.78, 5) is 2.72. The van der Waals surface area contributed by atoms with E-state index in [-0.39, 0.29) is 16.8 Å². The molecule has 0 aliphatic rings. The lowest BCUT2D eigenvalue weighted by Crippen LogP contribution is -2.17. The lowest BCUT2D eigenvalue weighted by atomic mass is 10.2. The van der Waals surface area contributed by atoms with Crippen molar-refractivity contribution in [2.24, 2.45) is 0 Å². The van der Waals surface area contributed by atoms with Crippen molar-refractivity contribution >= 4 is 50.3 Å². The SMILES string of the molecule is Nc1c2c(C(F)(F)F)nc(C(F)(F)F)nc2nn1-c1c(Cl)cc(S(F)(F)(F)(F)F)cc1Cl. The van der Waals surface area contributed by atoms with E-state index < -0.39 is 71.6 Å². The first-order valence-corrected chi connectivity index (χ1v) is 10.2. The first-order valence-electron chi connectivity index (χ1n) is 7.45. The molecule has 0 atom stereocenters. The van der Waals surface area contributed by atoms with E-state index in [1.807, 2.05) is 0 Å². The average molecular weight is 542 g/mol. The summed E-state index contributed by atoms with van der Waals surface area (Å²) in [5.41, 5.74) is 1.16. The summed E-state index contributed by atoms with van der Waals surface area (Å²) >= 11 is 11.2. The molecule has 0 saturated heterocycles. The van der Waals surface area contributed by atoms with Crippen LogP contribution in [0.1, 0.15) is 11.5 Å². The van der Waals surface area contributed by atoms with Gasteiger partial charge >= 0.3 is 22.6 Å². The number of nitrogen functional groups attached to an aromatic ring is 1. The minimum absolute atomic E-state index is 0.134. The molecule has 0 amide bonds. The van der Waals surface area contributed by atoms with E-state index in [0.717, 1.165) is 0 Å². The zero-order valence-electron chi connectivity index (χ0n) is 14.3. The third-order valence-electron chi connectivity index (χ3n) is 3.74. The highest BCUT2D eigenvalue weighted by Crippen LogP contribution is 3.02. The fourth-order valence-electron chi connectivity index (χ4n) is 2.48. The normalized spacial score (nSPS) is 15.7. The van der Waals surface area contributed by atoms with Crippen molar-refractivity contribution < 1.29 is 45.8 Å². The molecule has 0 fully saturated rings. The van der Waals surface area contributed by atoms with E-state index in [0.29, 0.717) is 0 Å². The highest BCUT2D eigenvalue weighted by molar-refractivity contribution is 8.45. The van der Waals surface area contributed by atoms with Gasteiger partial charge in [0.05, 0.1) is 15.4 Å². The lowest BCUT2D eigenvalue weighted by Gasteiger charge is -2.40. The van der Waals surface area contributed by atoms with E-state index in [1.165, 1.54) is 0 Å². The monoisotopic (exact) mass is 541 g/mol. The molecule has 0 bridgehead atoms. The minimum atomic E-state index is -10.3. The van der Waals surface area contributed by atoms with Gasteiger partial charge in [0.1, 0.15) is 16.4 Å². The molecule has 32 heavy (non-hydrogen) atoms. The smallest absolute Gasteiger partial charge is 0.383 e. The number of nitrogens with zero attached hydrogens (tertiary/aromatic N) is 4. The number of anilines is 1. The van der Waals surface area contributed by atoms with Gasteiger partial charge in [-0.1, -0.05) is 42.6 Å². The first kappa shape index (κ1) is 24.4. The zero-order chi connectivity index (χ0) is 24.7. The predicted octanol–water partition coefficient (Wildman–Crippen LogP) is 7.40. The van der Waals surface area contributed by atoms with E-state index in [1.54, 1.807) is 0 Å². The van der Waals surface area contributed by atoms with Crippen molar-refractivity contribution in [1.82, 2.24) is 19.7 Å². The Labute approximate surface area is 178 Å². The van der Waals surface area contributed by atoms with Crippen LogP contribution in [0.25, 0.3) is 16.7 Å². The molecule has 0 spiro atoms. The summed E-state index contributed by atoms with van der Waals surface area (Å²) in [7, 11) is -10.3. The van der Waals surface area contributed by atoms with Crippen molar-refractivity contribution in [3.05, 3.63) is 33.7 Å². The van der Waals surface area contributed by atoms with Gasteiger partial charge < -0.3 is 5.73 Å². The van der Waals surface area contributed by atoms with Crippen LogP contribution in [-0.4, -0.2) is 19.7 Å². The van der Waals surface area contributed by atoms with Crippen LogP contribution in [0.4, 0.5) is 51.6 Å². The van der Waals surface area contributed by atoms with Crippen molar-refractivity contribution in [1.29, 1.82) is 0 Å². The summed E-state index contributed by atoms with van der Waals surface area (Å²) in [6, 6.07) is -0.568. The quantitative estimate of drug-likeness (QED) is 0.343. The van der Waals surface area contributed by atoms with Crippen LogP contribution in [0.2, 0.25) is 10.0 Å². The second-order valence-electron chi connectivity index (χ2n) is 6.09. The Hall–Kier alpha value is -2.27. The number of hydrogen-bond acceptors (Lipinski definition) is 4. The van der Waals surface area contributed by atoms with Crippen LogP contribution in [0.15, 0.2) is 17.0 Å². The Morgan fingerprint density at radius 3 is 1.75 bits per heavy atom. The van der Waals surface area contributed by atoms with E-state index in [4.69, 9.17) is 28.9 Å². The molecule has 0 saturated carbocycles. The van der Waals surface area contributed by atoms with Crippen LogP contribution in [-0.2, 0) is 12.4 Å². The number of fused-ring (bicyclic) bond motifs is 1. The summed E-state index contributed by atoms with van der Waals surface area (Å²) in [6.07, 6.45) is -10.9. The zero-order valence-corrected chi connectivity index (χ0v) is 16.7. The molecule has 2 heterocycles. The van der Waals surface area contributed by atoms with Crippen molar-refractivity contribution in [3.63, 3.8) is 0 Å². The van der Waals surface area contributed by atoms with Gasteiger partial charge in [0.25, 0.3) is 0 Å². The Morgan fingerprint density at radius 2 is 1.34 bits per heavy atom. The third-order valence-corrected chi connectivity index (χ3v) is 5.44. The van der Waals surface area contributed by atoms with Crippen molar-refractivity contribution in [2.45, 2.75) is 17.2 Å². The Kier molecular flexibility index (Phi) is 4.72. The molecule has 5 nitrogen and oxygen atoms in total. The van der Waals surface area contributed by atoms with Crippen LogP contribution >= 0.6 is 33.4 Å². The molecule has 0 radical (unpaired) electrons. The van der Waals surface area contributed by atoms with Gasteiger partial charge in [-0.3, -0.25) is 0 Å². The molecular formula is C13H4Cl2F11N5S. The Balaban J connectivity index is 2.38. The average Bonchev–Trinajstić information content (AvgIpc) is 2.86. The molecule has 3 aromatic rings. The maximum atomic E-state index is 13.3. The minimum Gasteiger partial charge on any atom is -0.383 e. The van der Waals surface area contributed by atoms with Gasteiger partial charge in [-0.2, -0.15) is 26.3 Å². The summed E-state index contributed by atoms with van der Waals surface area (Å²) in [5, 5.41) is -0.357. The van der Waals surface area contributed by atoms with Crippen molar-refractivity contribution in [2.75, 3.05) is 5.73 Å². The number of nitrogens with two attached hydrogens (primary N) is 1. The van der Waals surface area contributed by atoms with E-state index >= 15 is 0 Å². The first-order chi connectivity index (χ1) is 14.0. The van der Waals surface area contributed by atoms with Gasteiger partial charge in [-0.25, -0.2) is 14.6 Å². The van der Waals surface area contributed by atoms with E-state index in [9.17, 15) is 45.8 Å². The summed E-state index contributed by atoms with van der Waals surface area (Å²) in [6.45, 7) is 0. The molecule has 2 aromatic heterocycles. The number of hydrogen-bond donors (Lipinski definition) is 1. The van der Waals surface area contributed by atoms with Crippen LogP contribution in [0.3, 0.4) is 0 Å². The second-order valence-corrected chi connectivity index (χ2v) is 9.32. The maximum absolute atomic E-state index is 13.3. The van der Waals surface area contributed by atoms with Crippen LogP contribution in [0.5, 0.6) is 0 Å². The molecule has 0 aliphatic carbocycles. The lowest BCUT2D eigenvalue weighted by molar-refractivity contribution is -0.151. The summed E-state index contributed by atoms with van der Waals surface area (Å²) < 4.78 is 144. The largest absolute Gasteiger partial charge is 0.451 e. The van der Waals surface area contributed by atoms with E-state index in [2.05, 4.69) is 15.1 Å². The van der Waals surface area contributed by atoms with Gasteiger partial charge in [-0.15, -0.1) is 5.10 Å². The number of alkyl halides is 6. The van der Waals surface area contributed by atoms with Crippen LogP contribution in [0, 0.1) is 0 Å². The number of aromatic nitrogens is 4. The standard InChI is InChI=1S/C13H4Cl2F11N5S/c14-4-1-3(32(22,23,24,25)26)2-5(15)7(4)31-9(27)6-8(12(16,17)18)28-11(13(19,20)21)29-10(6)30-31/h1-2H,27H2. The Morgan fingerprint density at radius 1 is 0.844 bits per heavy atom. The number of rotatable bonds is 2. The topological polar surface area (TPSA) is 69.6 Å². The van der Waals surface area contributed by atoms with Gasteiger partial charge in [0, 0.05) is 0 Å². The molecular weight excluding hydrogens is 538 g/mol. The third kappa shape index (κ3) is 4.32. The molecule has 2 N–H and O–H groups in total. The highest BCUT2D eigenvalue weighted by atomic mass is 35.5. The number of benzene rings is 1. The summed E-state index contributed by atoms with van der Waals surface area (Å²) in [5.74, 6) is -3.36.